The molecule has 4 heteroatoms. The first-order valence-corrected chi connectivity index (χ1v) is 9.10. The van der Waals surface area contributed by atoms with Gasteiger partial charge in [-0.05, 0) is 61.3 Å². The highest BCUT2D eigenvalue weighted by Gasteiger charge is 2.52. The lowest BCUT2D eigenvalue weighted by atomic mass is 9.48. The Morgan fingerprint density at radius 3 is 2.67 bits per heavy atom. The quantitative estimate of drug-likeness (QED) is 0.614. The Morgan fingerprint density at radius 2 is 2.04 bits per heavy atom. The monoisotopic (exact) mass is 334 g/mol. The van der Waals surface area contributed by atoms with Gasteiger partial charge in [-0.3, -0.25) is 0 Å². The number of aliphatic hydroxyl groups excluding tert-OH is 2. The molecule has 1 fully saturated rings. The van der Waals surface area contributed by atoms with Crippen LogP contribution in [0.3, 0.4) is 0 Å². The molecule has 3 rings (SSSR count). The van der Waals surface area contributed by atoms with Crippen LogP contribution < -0.4 is 0 Å². The normalized spacial score (nSPS) is 39.6. The Bertz CT molecular complexity index is 588. The Morgan fingerprint density at radius 1 is 1.33 bits per heavy atom. The summed E-state index contributed by atoms with van der Waals surface area (Å²) in [5, 5.41) is 20.1. The SMILES string of the molecule is CC1=CC[C@H]2C(C)(C)CCC[C@]2(C)[C@H]1C[C@@H](O)C1=CC(O)OC1=O. The molecule has 1 heterocycles. The van der Waals surface area contributed by atoms with Crippen molar-refractivity contribution in [2.75, 3.05) is 0 Å². The summed E-state index contributed by atoms with van der Waals surface area (Å²) in [5.41, 5.74) is 1.97. The number of carbonyl (C=O) groups excluding carboxylic acids is 1. The minimum Gasteiger partial charge on any atom is -0.429 e. The maximum Gasteiger partial charge on any atom is 0.339 e. The number of hydrogen-bond acceptors (Lipinski definition) is 4. The molecule has 0 saturated heterocycles. The van der Waals surface area contributed by atoms with E-state index in [-0.39, 0.29) is 16.9 Å². The summed E-state index contributed by atoms with van der Waals surface area (Å²) in [5.74, 6) is 0.241. The predicted octanol–water partition coefficient (Wildman–Crippen LogP) is 3.34. The van der Waals surface area contributed by atoms with E-state index in [0.29, 0.717) is 17.8 Å². The fourth-order valence-corrected chi connectivity index (χ4v) is 5.62. The molecule has 0 spiro atoms. The van der Waals surface area contributed by atoms with Gasteiger partial charge in [-0.1, -0.05) is 38.8 Å². The summed E-state index contributed by atoms with van der Waals surface area (Å²) < 4.78 is 4.73. The van der Waals surface area contributed by atoms with Gasteiger partial charge in [0.05, 0.1) is 11.7 Å². The van der Waals surface area contributed by atoms with Crippen LogP contribution in [-0.2, 0) is 9.53 Å². The fourth-order valence-electron chi connectivity index (χ4n) is 5.62. The zero-order valence-electron chi connectivity index (χ0n) is 15.2. The zero-order valence-corrected chi connectivity index (χ0v) is 15.2. The standard InChI is InChI=1S/C20H30O4/c1-12-6-7-16-19(2,3)8-5-9-20(16,4)14(12)11-15(21)13-10-17(22)24-18(13)23/h6,10,14-17,21-22H,5,7-9,11H2,1-4H3/t14-,15+,16-,17?,20+/m0/s1. The van der Waals surface area contributed by atoms with Gasteiger partial charge >= 0.3 is 5.97 Å². The van der Waals surface area contributed by atoms with Gasteiger partial charge in [-0.25, -0.2) is 4.79 Å². The molecule has 3 aliphatic rings. The molecule has 0 bridgehead atoms. The average molecular weight is 334 g/mol. The average Bonchev–Trinajstić information content (AvgIpc) is 2.80. The lowest BCUT2D eigenvalue weighted by Crippen LogP contribution is -2.49. The second-order valence-electron chi connectivity index (χ2n) is 8.81. The third-order valence-electron chi connectivity index (χ3n) is 6.90. The van der Waals surface area contributed by atoms with Gasteiger partial charge in [0.25, 0.3) is 0 Å². The molecule has 0 amide bonds. The van der Waals surface area contributed by atoms with Gasteiger partial charge in [0.15, 0.2) is 0 Å². The molecule has 24 heavy (non-hydrogen) atoms. The summed E-state index contributed by atoms with van der Waals surface area (Å²) >= 11 is 0. The van der Waals surface area contributed by atoms with Gasteiger partial charge in [0, 0.05) is 0 Å². The van der Waals surface area contributed by atoms with E-state index < -0.39 is 18.4 Å². The van der Waals surface area contributed by atoms with E-state index >= 15 is 0 Å². The second-order valence-corrected chi connectivity index (χ2v) is 8.81. The largest absolute Gasteiger partial charge is 0.429 e. The minimum atomic E-state index is -1.22. The summed E-state index contributed by atoms with van der Waals surface area (Å²) in [6.45, 7) is 9.24. The number of rotatable bonds is 3. The maximum atomic E-state index is 11.8. The van der Waals surface area contributed by atoms with E-state index in [1.807, 2.05) is 0 Å². The van der Waals surface area contributed by atoms with E-state index in [1.54, 1.807) is 0 Å². The van der Waals surface area contributed by atoms with Crippen LogP contribution in [0, 0.1) is 22.7 Å². The first-order valence-electron chi connectivity index (χ1n) is 9.10. The molecule has 1 unspecified atom stereocenters. The number of cyclic esters (lactones) is 1. The Balaban J connectivity index is 1.86. The molecule has 5 atom stereocenters. The molecule has 2 N–H and O–H groups in total. The second kappa shape index (κ2) is 5.99. The molecule has 0 aromatic heterocycles. The van der Waals surface area contributed by atoms with Crippen molar-refractivity contribution >= 4 is 5.97 Å². The Hall–Kier alpha value is -1.13. The Kier molecular flexibility index (Phi) is 4.42. The van der Waals surface area contributed by atoms with Gasteiger partial charge in [-0.2, -0.15) is 0 Å². The van der Waals surface area contributed by atoms with E-state index in [9.17, 15) is 15.0 Å². The molecule has 1 saturated carbocycles. The molecule has 4 nitrogen and oxygen atoms in total. The smallest absolute Gasteiger partial charge is 0.339 e. The number of ether oxygens (including phenoxy) is 1. The van der Waals surface area contributed by atoms with Crippen molar-refractivity contribution in [2.24, 2.45) is 22.7 Å². The molecule has 0 radical (unpaired) electrons. The summed E-state index contributed by atoms with van der Waals surface area (Å²) in [7, 11) is 0. The highest BCUT2D eigenvalue weighted by atomic mass is 16.6. The zero-order chi connectivity index (χ0) is 17.7. The molecular weight excluding hydrogens is 304 g/mol. The third-order valence-corrected chi connectivity index (χ3v) is 6.90. The summed E-state index contributed by atoms with van der Waals surface area (Å²) in [6.07, 6.45) is 6.79. The third kappa shape index (κ3) is 2.84. The van der Waals surface area contributed by atoms with Crippen molar-refractivity contribution in [1.82, 2.24) is 0 Å². The van der Waals surface area contributed by atoms with Crippen molar-refractivity contribution in [3.63, 3.8) is 0 Å². The Labute approximate surface area is 144 Å². The summed E-state index contributed by atoms with van der Waals surface area (Å²) in [6, 6.07) is 0. The molecule has 134 valence electrons. The lowest BCUT2D eigenvalue weighted by molar-refractivity contribution is -0.152. The molecular formula is C20H30O4. The van der Waals surface area contributed by atoms with Crippen LogP contribution in [0.4, 0.5) is 0 Å². The number of esters is 1. The van der Waals surface area contributed by atoms with Crippen molar-refractivity contribution in [3.8, 4) is 0 Å². The summed E-state index contributed by atoms with van der Waals surface area (Å²) in [4.78, 5) is 11.8. The number of aliphatic hydroxyl groups is 2. The van der Waals surface area contributed by atoms with E-state index in [4.69, 9.17) is 4.74 Å². The van der Waals surface area contributed by atoms with Crippen LogP contribution in [0.2, 0.25) is 0 Å². The van der Waals surface area contributed by atoms with Crippen molar-refractivity contribution < 1.29 is 19.7 Å². The first kappa shape index (κ1) is 17.7. The van der Waals surface area contributed by atoms with Gasteiger partial charge in [0.1, 0.15) is 0 Å². The number of fused-ring (bicyclic) bond motifs is 1. The lowest BCUT2D eigenvalue weighted by Gasteiger charge is -2.57. The topological polar surface area (TPSA) is 66.8 Å². The number of allylic oxidation sites excluding steroid dienone is 2. The fraction of sp³-hybridized carbons (Fsp3) is 0.750. The van der Waals surface area contributed by atoms with E-state index in [0.717, 1.165) is 12.8 Å². The number of hydrogen-bond donors (Lipinski definition) is 2. The highest BCUT2D eigenvalue weighted by molar-refractivity contribution is 5.91. The predicted molar refractivity (Wildman–Crippen MR) is 91.9 cm³/mol. The maximum absolute atomic E-state index is 11.8. The molecule has 2 aliphatic carbocycles. The van der Waals surface area contributed by atoms with Crippen LogP contribution in [0.5, 0.6) is 0 Å². The van der Waals surface area contributed by atoms with E-state index in [1.165, 1.54) is 24.5 Å². The van der Waals surface area contributed by atoms with Gasteiger partial charge < -0.3 is 14.9 Å². The van der Waals surface area contributed by atoms with Crippen LogP contribution in [-0.4, -0.2) is 28.6 Å². The molecule has 1 aliphatic heterocycles. The van der Waals surface area contributed by atoms with Crippen LogP contribution in [0.1, 0.15) is 59.8 Å². The van der Waals surface area contributed by atoms with Crippen molar-refractivity contribution in [3.05, 3.63) is 23.3 Å². The van der Waals surface area contributed by atoms with Gasteiger partial charge in [0.2, 0.25) is 6.29 Å². The van der Waals surface area contributed by atoms with Crippen LogP contribution >= 0.6 is 0 Å². The van der Waals surface area contributed by atoms with Crippen molar-refractivity contribution in [1.29, 1.82) is 0 Å². The van der Waals surface area contributed by atoms with E-state index in [2.05, 4.69) is 33.8 Å². The van der Waals surface area contributed by atoms with Crippen LogP contribution in [0.15, 0.2) is 23.3 Å². The van der Waals surface area contributed by atoms with Gasteiger partial charge in [-0.15, -0.1) is 0 Å². The van der Waals surface area contributed by atoms with Crippen LogP contribution in [0.25, 0.3) is 0 Å². The number of carbonyl (C=O) groups is 1. The first-order chi connectivity index (χ1) is 11.1. The molecule has 0 aromatic rings. The van der Waals surface area contributed by atoms with Crippen molar-refractivity contribution in [2.45, 2.75) is 72.2 Å². The minimum absolute atomic E-state index is 0.142. The highest BCUT2D eigenvalue weighted by Crippen LogP contribution is 2.60. The molecule has 0 aromatic carbocycles.